The lowest BCUT2D eigenvalue weighted by Gasteiger charge is -2.06. The van der Waals surface area contributed by atoms with E-state index in [1.807, 2.05) is 31.2 Å². The van der Waals surface area contributed by atoms with Crippen molar-refractivity contribution < 1.29 is 4.79 Å². The molecule has 0 aromatic heterocycles. The summed E-state index contributed by atoms with van der Waals surface area (Å²) >= 11 is 5.98. The minimum absolute atomic E-state index is 0.0221. The number of benzene rings is 1. The largest absolute Gasteiger partial charge is 0.355 e. The van der Waals surface area contributed by atoms with Gasteiger partial charge in [-0.15, -0.1) is 0 Å². The fraction of sp³-hybridized carbons (Fsp3) is 0.417. The molecule has 0 saturated heterocycles. The van der Waals surface area contributed by atoms with Gasteiger partial charge in [-0.25, -0.2) is 0 Å². The molecule has 4 heteroatoms. The average molecular weight is 241 g/mol. The van der Waals surface area contributed by atoms with Crippen LogP contribution < -0.4 is 10.6 Å². The number of halogens is 1. The Labute approximate surface area is 101 Å². The number of rotatable bonds is 6. The van der Waals surface area contributed by atoms with E-state index in [4.69, 9.17) is 11.6 Å². The predicted molar refractivity (Wildman–Crippen MR) is 66.5 cm³/mol. The highest BCUT2D eigenvalue weighted by molar-refractivity contribution is 6.31. The van der Waals surface area contributed by atoms with Gasteiger partial charge in [-0.1, -0.05) is 36.7 Å². The molecule has 0 atom stereocenters. The smallest absolute Gasteiger partial charge is 0.233 e. The molecule has 0 aliphatic carbocycles. The van der Waals surface area contributed by atoms with Crippen molar-refractivity contribution >= 4 is 17.5 Å². The first-order chi connectivity index (χ1) is 7.74. The lowest BCUT2D eigenvalue weighted by atomic mass is 10.2. The topological polar surface area (TPSA) is 41.1 Å². The zero-order valence-electron chi connectivity index (χ0n) is 9.42. The molecule has 0 spiro atoms. The highest BCUT2D eigenvalue weighted by Gasteiger charge is 2.01. The van der Waals surface area contributed by atoms with Crippen LogP contribution >= 0.6 is 11.6 Å². The van der Waals surface area contributed by atoms with Crippen LogP contribution in [0.5, 0.6) is 0 Å². The maximum Gasteiger partial charge on any atom is 0.233 e. The number of hydrogen-bond acceptors (Lipinski definition) is 2. The standard InChI is InChI=1S/C12H17ClN2O/c1-2-7-15-12(16)9-14-8-10-5-3-4-6-11(10)13/h3-6,14H,2,7-9H2,1H3,(H,15,16). The van der Waals surface area contributed by atoms with Gasteiger partial charge in [0.05, 0.1) is 6.54 Å². The number of nitrogens with one attached hydrogen (secondary N) is 2. The molecule has 1 rings (SSSR count). The normalized spacial score (nSPS) is 10.1. The summed E-state index contributed by atoms with van der Waals surface area (Å²) in [5.41, 5.74) is 1.01. The number of amides is 1. The summed E-state index contributed by atoms with van der Waals surface area (Å²) in [7, 11) is 0. The van der Waals surface area contributed by atoms with E-state index in [9.17, 15) is 4.79 Å². The number of carbonyl (C=O) groups excluding carboxylic acids is 1. The van der Waals surface area contributed by atoms with Gasteiger partial charge in [0.2, 0.25) is 5.91 Å². The van der Waals surface area contributed by atoms with Crippen LogP contribution in [0.3, 0.4) is 0 Å². The maximum absolute atomic E-state index is 11.3. The molecule has 0 aliphatic heterocycles. The number of carbonyl (C=O) groups is 1. The second kappa shape index (κ2) is 7.25. The first-order valence-corrected chi connectivity index (χ1v) is 5.82. The van der Waals surface area contributed by atoms with E-state index in [0.29, 0.717) is 13.1 Å². The summed E-state index contributed by atoms with van der Waals surface area (Å²) in [4.78, 5) is 11.3. The van der Waals surface area contributed by atoms with E-state index < -0.39 is 0 Å². The molecule has 88 valence electrons. The third-order valence-electron chi connectivity index (χ3n) is 2.13. The highest BCUT2D eigenvalue weighted by atomic mass is 35.5. The molecule has 0 saturated carbocycles. The van der Waals surface area contributed by atoms with E-state index in [0.717, 1.165) is 23.6 Å². The second-order valence-corrected chi connectivity index (χ2v) is 3.95. The van der Waals surface area contributed by atoms with Gasteiger partial charge in [-0.2, -0.15) is 0 Å². The summed E-state index contributed by atoms with van der Waals surface area (Å²) in [5.74, 6) is 0.0221. The summed E-state index contributed by atoms with van der Waals surface area (Å²) < 4.78 is 0. The molecule has 2 N–H and O–H groups in total. The van der Waals surface area contributed by atoms with E-state index >= 15 is 0 Å². The third kappa shape index (κ3) is 4.64. The highest BCUT2D eigenvalue weighted by Crippen LogP contribution is 2.13. The molecule has 1 aromatic rings. The van der Waals surface area contributed by atoms with Crippen molar-refractivity contribution in [1.29, 1.82) is 0 Å². The zero-order chi connectivity index (χ0) is 11.8. The molecule has 0 aliphatic rings. The average Bonchev–Trinajstić information content (AvgIpc) is 2.29. The summed E-state index contributed by atoms with van der Waals surface area (Å²) in [6, 6.07) is 7.61. The van der Waals surface area contributed by atoms with Crippen molar-refractivity contribution in [3.63, 3.8) is 0 Å². The van der Waals surface area contributed by atoms with Crippen molar-refractivity contribution in [1.82, 2.24) is 10.6 Å². The fourth-order valence-electron chi connectivity index (χ4n) is 1.28. The van der Waals surface area contributed by atoms with E-state index in [1.54, 1.807) is 0 Å². The SMILES string of the molecule is CCCNC(=O)CNCc1ccccc1Cl. The number of hydrogen-bond donors (Lipinski definition) is 2. The van der Waals surface area contributed by atoms with E-state index in [2.05, 4.69) is 10.6 Å². The lowest BCUT2D eigenvalue weighted by Crippen LogP contribution is -2.33. The van der Waals surface area contributed by atoms with Crippen molar-refractivity contribution in [2.75, 3.05) is 13.1 Å². The van der Waals surface area contributed by atoms with Gasteiger partial charge < -0.3 is 10.6 Å². The van der Waals surface area contributed by atoms with Crippen LogP contribution in [0.1, 0.15) is 18.9 Å². The minimum atomic E-state index is 0.0221. The minimum Gasteiger partial charge on any atom is -0.355 e. The van der Waals surface area contributed by atoms with Crippen LogP contribution in [0.25, 0.3) is 0 Å². The van der Waals surface area contributed by atoms with Crippen molar-refractivity contribution in [3.05, 3.63) is 34.9 Å². The Kier molecular flexibility index (Phi) is 5.90. The molecule has 0 heterocycles. The van der Waals surface area contributed by atoms with Gasteiger partial charge >= 0.3 is 0 Å². The maximum atomic E-state index is 11.3. The van der Waals surface area contributed by atoms with Crippen LogP contribution in [0.15, 0.2) is 24.3 Å². The predicted octanol–water partition coefficient (Wildman–Crippen LogP) is 1.96. The van der Waals surface area contributed by atoms with Crippen LogP contribution in [0.2, 0.25) is 5.02 Å². The molecule has 1 aromatic carbocycles. The third-order valence-corrected chi connectivity index (χ3v) is 2.50. The molecular weight excluding hydrogens is 224 g/mol. The van der Waals surface area contributed by atoms with E-state index in [-0.39, 0.29) is 5.91 Å². The quantitative estimate of drug-likeness (QED) is 0.798. The van der Waals surface area contributed by atoms with Crippen LogP contribution in [-0.2, 0) is 11.3 Å². The molecule has 16 heavy (non-hydrogen) atoms. The fourth-order valence-corrected chi connectivity index (χ4v) is 1.48. The van der Waals surface area contributed by atoms with Gasteiger partial charge in [0.25, 0.3) is 0 Å². The summed E-state index contributed by atoms with van der Waals surface area (Å²) in [5, 5.41) is 6.58. The first-order valence-electron chi connectivity index (χ1n) is 5.45. The molecule has 0 fully saturated rings. The molecular formula is C12H17ClN2O. The Morgan fingerprint density at radius 1 is 1.38 bits per heavy atom. The van der Waals surface area contributed by atoms with Crippen LogP contribution in [0, 0.1) is 0 Å². The molecule has 0 unspecified atom stereocenters. The molecule has 3 nitrogen and oxygen atoms in total. The molecule has 0 bridgehead atoms. The zero-order valence-corrected chi connectivity index (χ0v) is 10.2. The van der Waals surface area contributed by atoms with E-state index in [1.165, 1.54) is 0 Å². The van der Waals surface area contributed by atoms with Gasteiger partial charge in [-0.05, 0) is 18.1 Å². The second-order valence-electron chi connectivity index (χ2n) is 3.54. The summed E-state index contributed by atoms with van der Waals surface area (Å²) in [6.45, 7) is 3.69. The van der Waals surface area contributed by atoms with Crippen LogP contribution in [0.4, 0.5) is 0 Å². The van der Waals surface area contributed by atoms with Gasteiger partial charge in [0, 0.05) is 18.1 Å². The van der Waals surface area contributed by atoms with Crippen molar-refractivity contribution in [3.8, 4) is 0 Å². The van der Waals surface area contributed by atoms with Crippen LogP contribution in [-0.4, -0.2) is 19.0 Å². The van der Waals surface area contributed by atoms with Gasteiger partial charge in [-0.3, -0.25) is 4.79 Å². The Bertz CT molecular complexity index is 342. The first kappa shape index (κ1) is 13.0. The van der Waals surface area contributed by atoms with Gasteiger partial charge in [0.15, 0.2) is 0 Å². The monoisotopic (exact) mass is 240 g/mol. The molecule has 0 radical (unpaired) electrons. The van der Waals surface area contributed by atoms with Gasteiger partial charge in [0.1, 0.15) is 0 Å². The van der Waals surface area contributed by atoms with Crippen molar-refractivity contribution in [2.24, 2.45) is 0 Å². The Balaban J connectivity index is 2.25. The Hall–Kier alpha value is -1.06. The summed E-state index contributed by atoms with van der Waals surface area (Å²) in [6.07, 6.45) is 0.955. The molecule has 1 amide bonds. The Morgan fingerprint density at radius 2 is 2.12 bits per heavy atom. The lowest BCUT2D eigenvalue weighted by molar-refractivity contribution is -0.120. The Morgan fingerprint density at radius 3 is 2.81 bits per heavy atom. The van der Waals surface area contributed by atoms with Crippen molar-refractivity contribution in [2.45, 2.75) is 19.9 Å².